The van der Waals surface area contributed by atoms with Crippen LogP contribution in [0.3, 0.4) is 0 Å². The number of rotatable bonds is 7. The fourth-order valence-corrected chi connectivity index (χ4v) is 3.57. The minimum Gasteiger partial charge on any atom is -0.469 e. The van der Waals surface area contributed by atoms with Crippen LogP contribution in [0.15, 0.2) is 70.2 Å². The molecule has 0 aliphatic heterocycles. The van der Waals surface area contributed by atoms with Crippen LogP contribution in [0.1, 0.15) is 22.5 Å². The lowest BCUT2D eigenvalue weighted by Crippen LogP contribution is -2.14. The predicted molar refractivity (Wildman–Crippen MR) is 115 cm³/mol. The van der Waals surface area contributed by atoms with Gasteiger partial charge in [0.1, 0.15) is 5.76 Å². The average molecular weight is 447 g/mol. The Kier molecular flexibility index (Phi) is 6.59. The molecule has 2 aromatic carbocycles. The maximum atomic E-state index is 12.5. The van der Waals surface area contributed by atoms with Gasteiger partial charge in [0.05, 0.1) is 21.9 Å². The smallest absolute Gasteiger partial charge is 0.255 e. The van der Waals surface area contributed by atoms with Gasteiger partial charge in [0.2, 0.25) is 5.91 Å². The van der Waals surface area contributed by atoms with Crippen LogP contribution in [0.2, 0.25) is 5.02 Å². The summed E-state index contributed by atoms with van der Waals surface area (Å²) in [5.41, 5.74) is 1.01. The van der Waals surface area contributed by atoms with Gasteiger partial charge in [-0.25, -0.2) is 8.42 Å². The quantitative estimate of drug-likeness (QED) is 0.566. The van der Waals surface area contributed by atoms with Crippen molar-refractivity contribution in [2.75, 3.05) is 16.9 Å². The number of carbonyl (C=O) groups is 2. The van der Waals surface area contributed by atoms with E-state index in [0.29, 0.717) is 17.8 Å². The summed E-state index contributed by atoms with van der Waals surface area (Å²) in [4.78, 5) is 24.6. The van der Waals surface area contributed by atoms with Crippen molar-refractivity contribution in [3.63, 3.8) is 0 Å². The van der Waals surface area contributed by atoms with Gasteiger partial charge in [0, 0.05) is 30.3 Å². The van der Waals surface area contributed by atoms with E-state index in [1.54, 1.807) is 30.5 Å². The molecule has 0 saturated carbocycles. The van der Waals surface area contributed by atoms with Gasteiger partial charge < -0.3 is 15.1 Å². The van der Waals surface area contributed by atoms with Crippen molar-refractivity contribution >= 4 is 44.6 Å². The molecule has 0 atom stereocenters. The number of nitrogens with one attached hydrogen (secondary N) is 2. The van der Waals surface area contributed by atoms with Crippen LogP contribution >= 0.6 is 11.6 Å². The van der Waals surface area contributed by atoms with Crippen molar-refractivity contribution in [1.29, 1.82) is 0 Å². The van der Waals surface area contributed by atoms with Crippen LogP contribution in [0.4, 0.5) is 11.4 Å². The summed E-state index contributed by atoms with van der Waals surface area (Å²) in [6, 6.07) is 14.0. The molecule has 3 rings (SSSR count). The standard InChI is InChI=1S/C21H19ClN2O5S/c1-30(27,28)17-6-2-4-14(12-17)21(26)24-19-9-7-15(13-18(19)22)23-20(25)10-8-16-5-3-11-29-16/h2-7,9,11-13H,8,10H2,1H3,(H,23,25)(H,24,26). The van der Waals surface area contributed by atoms with Gasteiger partial charge in [-0.15, -0.1) is 0 Å². The molecule has 0 bridgehead atoms. The highest BCUT2D eigenvalue weighted by Gasteiger charge is 2.14. The van der Waals surface area contributed by atoms with E-state index >= 15 is 0 Å². The Morgan fingerprint density at radius 1 is 1.03 bits per heavy atom. The molecule has 0 aliphatic rings. The Bertz CT molecular complexity index is 1170. The normalized spacial score (nSPS) is 11.1. The minimum atomic E-state index is -3.43. The lowest BCUT2D eigenvalue weighted by Gasteiger charge is -2.11. The molecule has 30 heavy (non-hydrogen) atoms. The Morgan fingerprint density at radius 2 is 1.83 bits per heavy atom. The number of anilines is 2. The number of furan rings is 1. The third kappa shape index (κ3) is 5.71. The molecule has 1 aromatic heterocycles. The van der Waals surface area contributed by atoms with E-state index in [2.05, 4.69) is 10.6 Å². The Hall–Kier alpha value is -3.10. The van der Waals surface area contributed by atoms with Crippen LogP contribution in [0.25, 0.3) is 0 Å². The van der Waals surface area contributed by atoms with E-state index in [9.17, 15) is 18.0 Å². The fraction of sp³-hybridized carbons (Fsp3) is 0.143. The van der Waals surface area contributed by atoms with Gasteiger partial charge in [-0.05, 0) is 48.5 Å². The van der Waals surface area contributed by atoms with E-state index in [-0.39, 0.29) is 27.8 Å². The predicted octanol–water partition coefficient (Wildman–Crippen LogP) is 4.16. The van der Waals surface area contributed by atoms with Crippen LogP contribution < -0.4 is 10.6 Å². The molecule has 9 heteroatoms. The van der Waals surface area contributed by atoms with Crippen LogP contribution in [-0.2, 0) is 21.1 Å². The zero-order chi connectivity index (χ0) is 21.7. The number of carbonyl (C=O) groups excluding carboxylic acids is 2. The second kappa shape index (κ2) is 9.15. The average Bonchev–Trinajstić information content (AvgIpc) is 3.21. The van der Waals surface area contributed by atoms with Gasteiger partial charge >= 0.3 is 0 Å². The number of amides is 2. The van der Waals surface area contributed by atoms with Crippen LogP contribution in [0, 0.1) is 0 Å². The Morgan fingerprint density at radius 3 is 2.50 bits per heavy atom. The monoisotopic (exact) mass is 446 g/mol. The van der Waals surface area contributed by atoms with Crippen LogP contribution in [0.5, 0.6) is 0 Å². The third-order valence-electron chi connectivity index (χ3n) is 4.20. The molecule has 0 spiro atoms. The summed E-state index contributed by atoms with van der Waals surface area (Å²) in [5, 5.41) is 5.60. The van der Waals surface area contributed by atoms with Crippen molar-refractivity contribution in [3.8, 4) is 0 Å². The largest absolute Gasteiger partial charge is 0.469 e. The molecular formula is C21H19ClN2O5S. The summed E-state index contributed by atoms with van der Waals surface area (Å²) in [7, 11) is -3.43. The van der Waals surface area contributed by atoms with Crippen molar-refractivity contribution in [3.05, 3.63) is 77.2 Å². The first kappa shape index (κ1) is 21.6. The Balaban J connectivity index is 1.64. The van der Waals surface area contributed by atoms with E-state index in [4.69, 9.17) is 16.0 Å². The van der Waals surface area contributed by atoms with E-state index in [1.165, 1.54) is 30.3 Å². The molecule has 1 heterocycles. The van der Waals surface area contributed by atoms with E-state index in [1.807, 2.05) is 0 Å². The Labute approximate surface area is 179 Å². The molecule has 0 saturated heterocycles. The molecule has 2 N–H and O–H groups in total. The first-order valence-electron chi connectivity index (χ1n) is 8.95. The summed E-state index contributed by atoms with van der Waals surface area (Å²) < 4.78 is 28.5. The van der Waals surface area contributed by atoms with Gasteiger partial charge in [0.15, 0.2) is 9.84 Å². The molecule has 0 unspecified atom stereocenters. The van der Waals surface area contributed by atoms with Gasteiger partial charge in [-0.1, -0.05) is 17.7 Å². The number of aryl methyl sites for hydroxylation is 1. The molecule has 0 fully saturated rings. The highest BCUT2D eigenvalue weighted by atomic mass is 35.5. The topological polar surface area (TPSA) is 105 Å². The third-order valence-corrected chi connectivity index (χ3v) is 5.63. The molecule has 2 amide bonds. The summed E-state index contributed by atoms with van der Waals surface area (Å²) in [6.07, 6.45) is 3.35. The van der Waals surface area contributed by atoms with Gasteiger partial charge in [-0.3, -0.25) is 9.59 Å². The van der Waals surface area contributed by atoms with Crippen molar-refractivity contribution in [2.24, 2.45) is 0 Å². The number of sulfone groups is 1. The van der Waals surface area contributed by atoms with Crippen molar-refractivity contribution in [2.45, 2.75) is 17.7 Å². The fourth-order valence-electron chi connectivity index (χ4n) is 2.67. The number of hydrogen-bond donors (Lipinski definition) is 2. The van der Waals surface area contributed by atoms with Gasteiger partial charge in [0.25, 0.3) is 5.91 Å². The zero-order valence-electron chi connectivity index (χ0n) is 16.0. The summed E-state index contributed by atoms with van der Waals surface area (Å²) >= 11 is 6.23. The summed E-state index contributed by atoms with van der Waals surface area (Å²) in [6.45, 7) is 0. The molecule has 3 aromatic rings. The van der Waals surface area contributed by atoms with E-state index in [0.717, 1.165) is 12.0 Å². The maximum absolute atomic E-state index is 12.5. The SMILES string of the molecule is CS(=O)(=O)c1cccc(C(=O)Nc2ccc(NC(=O)CCc3ccco3)cc2Cl)c1. The van der Waals surface area contributed by atoms with E-state index < -0.39 is 15.7 Å². The molecular weight excluding hydrogens is 428 g/mol. The highest BCUT2D eigenvalue weighted by molar-refractivity contribution is 7.90. The number of hydrogen-bond acceptors (Lipinski definition) is 5. The molecule has 7 nitrogen and oxygen atoms in total. The highest BCUT2D eigenvalue weighted by Crippen LogP contribution is 2.26. The van der Waals surface area contributed by atoms with Crippen molar-refractivity contribution in [1.82, 2.24) is 0 Å². The van der Waals surface area contributed by atoms with Crippen molar-refractivity contribution < 1.29 is 22.4 Å². The second-order valence-electron chi connectivity index (χ2n) is 6.58. The maximum Gasteiger partial charge on any atom is 0.255 e. The minimum absolute atomic E-state index is 0.0499. The lowest BCUT2D eigenvalue weighted by molar-refractivity contribution is -0.116. The number of halogens is 1. The summed E-state index contributed by atoms with van der Waals surface area (Å²) in [5.74, 6) is 0.0238. The van der Waals surface area contributed by atoms with Gasteiger partial charge in [-0.2, -0.15) is 0 Å². The number of benzene rings is 2. The second-order valence-corrected chi connectivity index (χ2v) is 9.00. The lowest BCUT2D eigenvalue weighted by atomic mass is 10.2. The zero-order valence-corrected chi connectivity index (χ0v) is 17.6. The first-order valence-corrected chi connectivity index (χ1v) is 11.2. The molecule has 156 valence electrons. The molecule has 0 radical (unpaired) electrons. The molecule has 0 aliphatic carbocycles. The van der Waals surface area contributed by atoms with Crippen LogP contribution in [-0.4, -0.2) is 26.5 Å². The first-order chi connectivity index (χ1) is 14.2.